The molecule has 0 saturated carbocycles. The molecule has 18 heavy (non-hydrogen) atoms. The van der Waals surface area contributed by atoms with E-state index in [1.54, 1.807) is 4.90 Å². The largest absolute Gasteiger partial charge is 0.494 e. The van der Waals surface area contributed by atoms with Crippen LogP contribution >= 0.6 is 0 Å². The molecule has 0 atom stereocenters. The second-order valence-electron chi connectivity index (χ2n) is 4.17. The van der Waals surface area contributed by atoms with Crippen LogP contribution in [-0.4, -0.2) is 25.7 Å². The van der Waals surface area contributed by atoms with E-state index in [0.717, 1.165) is 36.5 Å². The Balaban J connectivity index is 2.25. The van der Waals surface area contributed by atoms with Gasteiger partial charge in [-0.2, -0.15) is 0 Å². The van der Waals surface area contributed by atoms with E-state index in [4.69, 9.17) is 10.5 Å². The number of rotatable bonds is 4. The Morgan fingerprint density at radius 1 is 1.50 bits per heavy atom. The number of nitrogens with two attached hydrogens (primary N) is 1. The molecule has 0 bridgehead atoms. The molecule has 3 N–H and O–H groups in total. The van der Waals surface area contributed by atoms with Crippen molar-refractivity contribution in [1.82, 2.24) is 5.32 Å². The van der Waals surface area contributed by atoms with Gasteiger partial charge in [-0.1, -0.05) is 0 Å². The summed E-state index contributed by atoms with van der Waals surface area (Å²) >= 11 is 0. The van der Waals surface area contributed by atoms with Crippen molar-refractivity contribution in [1.29, 1.82) is 0 Å². The minimum atomic E-state index is -0.0478. The molecule has 1 heterocycles. The molecule has 0 aromatic heterocycles. The van der Waals surface area contributed by atoms with Crippen molar-refractivity contribution in [3.05, 3.63) is 23.8 Å². The third kappa shape index (κ3) is 2.56. The molecule has 1 saturated heterocycles. The molecule has 1 aliphatic rings. The Hall–Kier alpha value is -1.75. The van der Waals surface area contributed by atoms with Gasteiger partial charge in [-0.25, -0.2) is 4.79 Å². The zero-order chi connectivity index (χ0) is 13.0. The molecule has 0 radical (unpaired) electrons. The number of nitrogens with zero attached hydrogens (tertiary/aromatic N) is 1. The van der Waals surface area contributed by atoms with E-state index in [1.807, 2.05) is 25.1 Å². The summed E-state index contributed by atoms with van der Waals surface area (Å²) in [6, 6.07) is 5.65. The summed E-state index contributed by atoms with van der Waals surface area (Å²) in [7, 11) is 0. The van der Waals surface area contributed by atoms with Gasteiger partial charge in [0.05, 0.1) is 6.61 Å². The van der Waals surface area contributed by atoms with Gasteiger partial charge in [-0.3, -0.25) is 4.90 Å². The second-order valence-corrected chi connectivity index (χ2v) is 4.17. The van der Waals surface area contributed by atoms with Gasteiger partial charge in [0.15, 0.2) is 0 Å². The van der Waals surface area contributed by atoms with E-state index in [9.17, 15) is 4.79 Å². The molecule has 0 aliphatic carbocycles. The molecular formula is C13H19N3O2. The average Bonchev–Trinajstić information content (AvgIpc) is 2.40. The number of nitrogens with one attached hydrogen (secondary N) is 1. The predicted octanol–water partition coefficient (Wildman–Crippen LogP) is 1.46. The Morgan fingerprint density at radius 3 is 3.00 bits per heavy atom. The van der Waals surface area contributed by atoms with E-state index in [-0.39, 0.29) is 6.03 Å². The van der Waals surface area contributed by atoms with Gasteiger partial charge in [-0.15, -0.1) is 0 Å². The van der Waals surface area contributed by atoms with Crippen LogP contribution in [0.2, 0.25) is 0 Å². The van der Waals surface area contributed by atoms with Crippen LogP contribution in [-0.2, 0) is 6.54 Å². The van der Waals surface area contributed by atoms with Gasteiger partial charge in [0.2, 0.25) is 0 Å². The molecule has 5 nitrogen and oxygen atoms in total. The topological polar surface area (TPSA) is 67.6 Å². The van der Waals surface area contributed by atoms with E-state index in [2.05, 4.69) is 5.32 Å². The predicted molar refractivity (Wildman–Crippen MR) is 70.9 cm³/mol. The maximum atomic E-state index is 11.8. The van der Waals surface area contributed by atoms with Crippen LogP contribution in [0.25, 0.3) is 0 Å². The highest BCUT2D eigenvalue weighted by molar-refractivity contribution is 5.92. The lowest BCUT2D eigenvalue weighted by atomic mass is 10.1. The smallest absolute Gasteiger partial charge is 0.321 e. The number of hydrogen-bond donors (Lipinski definition) is 2. The van der Waals surface area contributed by atoms with Crippen molar-refractivity contribution >= 4 is 11.7 Å². The van der Waals surface area contributed by atoms with Crippen molar-refractivity contribution in [2.45, 2.75) is 19.9 Å². The molecule has 5 heteroatoms. The first-order chi connectivity index (χ1) is 8.76. The van der Waals surface area contributed by atoms with Crippen molar-refractivity contribution in [3.8, 4) is 5.75 Å². The monoisotopic (exact) mass is 249 g/mol. The van der Waals surface area contributed by atoms with Crippen LogP contribution in [0.5, 0.6) is 5.75 Å². The molecule has 1 aromatic rings. The zero-order valence-corrected chi connectivity index (χ0v) is 10.6. The lowest BCUT2D eigenvalue weighted by molar-refractivity contribution is 0.243. The van der Waals surface area contributed by atoms with Crippen LogP contribution in [0.1, 0.15) is 18.9 Å². The standard InChI is InChI=1S/C13H19N3O2/c1-2-18-12-5-4-11(8-10(12)9-14)16-7-3-6-15-13(16)17/h4-5,8H,2-3,6-7,9,14H2,1H3,(H,15,17). The number of carbonyl (C=O) groups is 1. The molecule has 1 aliphatic heterocycles. The summed E-state index contributed by atoms with van der Waals surface area (Å²) in [6.07, 6.45) is 0.955. The summed E-state index contributed by atoms with van der Waals surface area (Å²) in [5, 5.41) is 2.83. The maximum Gasteiger partial charge on any atom is 0.321 e. The SMILES string of the molecule is CCOc1ccc(N2CCCNC2=O)cc1CN. The third-order valence-corrected chi connectivity index (χ3v) is 2.96. The van der Waals surface area contributed by atoms with Gasteiger partial charge >= 0.3 is 6.03 Å². The highest BCUT2D eigenvalue weighted by atomic mass is 16.5. The van der Waals surface area contributed by atoms with Crippen LogP contribution in [0, 0.1) is 0 Å². The van der Waals surface area contributed by atoms with Crippen LogP contribution in [0.3, 0.4) is 0 Å². The van der Waals surface area contributed by atoms with Gasteiger partial charge in [-0.05, 0) is 31.5 Å². The van der Waals surface area contributed by atoms with Crippen molar-refractivity contribution in [3.63, 3.8) is 0 Å². The number of carbonyl (C=O) groups excluding carboxylic acids is 1. The summed E-state index contributed by atoms with van der Waals surface area (Å²) < 4.78 is 5.50. The molecular weight excluding hydrogens is 230 g/mol. The Labute approximate surface area is 107 Å². The molecule has 2 amide bonds. The first-order valence-corrected chi connectivity index (χ1v) is 6.27. The summed E-state index contributed by atoms with van der Waals surface area (Å²) in [5.41, 5.74) is 7.51. The quantitative estimate of drug-likeness (QED) is 0.849. The minimum absolute atomic E-state index is 0.0478. The third-order valence-electron chi connectivity index (χ3n) is 2.96. The zero-order valence-electron chi connectivity index (χ0n) is 10.6. The van der Waals surface area contributed by atoms with Crippen LogP contribution < -0.4 is 20.7 Å². The molecule has 1 aromatic carbocycles. The molecule has 2 rings (SSSR count). The summed E-state index contributed by atoms with van der Waals surface area (Å²) in [4.78, 5) is 13.5. The Morgan fingerprint density at radius 2 is 2.33 bits per heavy atom. The number of urea groups is 1. The number of amides is 2. The molecule has 0 spiro atoms. The van der Waals surface area contributed by atoms with Crippen molar-refractivity contribution in [2.24, 2.45) is 5.73 Å². The lowest BCUT2D eigenvalue weighted by Gasteiger charge is -2.28. The highest BCUT2D eigenvalue weighted by Gasteiger charge is 2.19. The van der Waals surface area contributed by atoms with E-state index >= 15 is 0 Å². The van der Waals surface area contributed by atoms with Gasteiger partial charge < -0.3 is 15.8 Å². The van der Waals surface area contributed by atoms with Crippen LogP contribution in [0.4, 0.5) is 10.5 Å². The highest BCUT2D eigenvalue weighted by Crippen LogP contribution is 2.26. The lowest BCUT2D eigenvalue weighted by Crippen LogP contribution is -2.46. The number of anilines is 1. The molecule has 98 valence electrons. The van der Waals surface area contributed by atoms with E-state index in [0.29, 0.717) is 13.2 Å². The van der Waals surface area contributed by atoms with Crippen LogP contribution in [0.15, 0.2) is 18.2 Å². The van der Waals surface area contributed by atoms with Crippen molar-refractivity contribution in [2.75, 3.05) is 24.6 Å². The Kier molecular flexibility index (Phi) is 4.04. The fourth-order valence-corrected chi connectivity index (χ4v) is 2.07. The molecule has 0 unspecified atom stereocenters. The van der Waals surface area contributed by atoms with E-state index < -0.39 is 0 Å². The fraction of sp³-hybridized carbons (Fsp3) is 0.462. The normalized spacial score (nSPS) is 15.4. The number of hydrogen-bond acceptors (Lipinski definition) is 3. The average molecular weight is 249 g/mol. The summed E-state index contributed by atoms with van der Waals surface area (Å²) in [5.74, 6) is 0.793. The maximum absolute atomic E-state index is 11.8. The number of benzene rings is 1. The first-order valence-electron chi connectivity index (χ1n) is 6.27. The Bertz CT molecular complexity index is 434. The van der Waals surface area contributed by atoms with Crippen molar-refractivity contribution < 1.29 is 9.53 Å². The first kappa shape index (κ1) is 12.7. The second kappa shape index (κ2) is 5.73. The van der Waals surface area contributed by atoms with Gasteiger partial charge in [0, 0.05) is 30.9 Å². The molecule has 1 fully saturated rings. The van der Waals surface area contributed by atoms with Gasteiger partial charge in [0.1, 0.15) is 5.75 Å². The van der Waals surface area contributed by atoms with Gasteiger partial charge in [0.25, 0.3) is 0 Å². The minimum Gasteiger partial charge on any atom is -0.494 e. The van der Waals surface area contributed by atoms with E-state index in [1.165, 1.54) is 0 Å². The fourth-order valence-electron chi connectivity index (χ4n) is 2.07. The number of ether oxygens (including phenoxy) is 1. The summed E-state index contributed by atoms with van der Waals surface area (Å²) in [6.45, 7) is 4.43.